The molecule has 1 aromatic heterocycles. The standard InChI is InChI=1S/C22H29NO5S/c1-3-4-5-13-27-20-10-7-18(8-11-20)22(24)23(15-21-9-6-17(2)28-21)19-12-14-29(25,26)16-19/h6-11,19H,3-5,12-16H2,1-2H3/t19-/m1/s1. The van der Waals surface area contributed by atoms with Gasteiger partial charge in [0.15, 0.2) is 9.84 Å². The third-order valence-electron chi connectivity index (χ3n) is 5.15. The third-order valence-corrected chi connectivity index (χ3v) is 6.90. The number of sulfone groups is 1. The van der Waals surface area contributed by atoms with Crippen LogP contribution in [-0.4, -0.2) is 43.4 Å². The van der Waals surface area contributed by atoms with E-state index in [0.717, 1.165) is 30.8 Å². The summed E-state index contributed by atoms with van der Waals surface area (Å²) in [4.78, 5) is 14.8. The predicted molar refractivity (Wildman–Crippen MR) is 112 cm³/mol. The molecule has 0 unspecified atom stereocenters. The molecule has 1 saturated heterocycles. The molecule has 1 fully saturated rings. The van der Waals surface area contributed by atoms with Crippen LogP contribution < -0.4 is 4.74 Å². The summed E-state index contributed by atoms with van der Waals surface area (Å²) in [5.41, 5.74) is 0.512. The number of rotatable bonds is 9. The molecular weight excluding hydrogens is 390 g/mol. The minimum Gasteiger partial charge on any atom is -0.494 e. The van der Waals surface area contributed by atoms with Crippen LogP contribution in [-0.2, 0) is 16.4 Å². The van der Waals surface area contributed by atoms with Gasteiger partial charge in [0.25, 0.3) is 5.91 Å². The van der Waals surface area contributed by atoms with Gasteiger partial charge in [-0.2, -0.15) is 0 Å². The molecule has 29 heavy (non-hydrogen) atoms. The number of carbonyl (C=O) groups excluding carboxylic acids is 1. The second-order valence-corrected chi connectivity index (χ2v) is 9.81. The Labute approximate surface area is 172 Å². The van der Waals surface area contributed by atoms with Crippen LogP contribution in [0.3, 0.4) is 0 Å². The molecule has 1 aromatic carbocycles. The van der Waals surface area contributed by atoms with Crippen LogP contribution in [0, 0.1) is 6.92 Å². The van der Waals surface area contributed by atoms with Crippen LogP contribution in [0.5, 0.6) is 5.75 Å². The molecule has 0 aliphatic carbocycles. The highest BCUT2D eigenvalue weighted by Crippen LogP contribution is 2.24. The summed E-state index contributed by atoms with van der Waals surface area (Å²) in [5.74, 6) is 2.06. The molecule has 0 saturated carbocycles. The van der Waals surface area contributed by atoms with E-state index in [4.69, 9.17) is 9.15 Å². The Hall–Kier alpha value is -2.28. The van der Waals surface area contributed by atoms with Gasteiger partial charge in [-0.3, -0.25) is 4.79 Å². The average molecular weight is 420 g/mol. The quantitative estimate of drug-likeness (QED) is 0.575. The highest BCUT2D eigenvalue weighted by atomic mass is 32.2. The Morgan fingerprint density at radius 2 is 1.93 bits per heavy atom. The number of ether oxygens (including phenoxy) is 1. The van der Waals surface area contributed by atoms with Crippen LogP contribution in [0.2, 0.25) is 0 Å². The van der Waals surface area contributed by atoms with E-state index in [-0.39, 0.29) is 30.0 Å². The Kier molecular flexibility index (Phi) is 7.00. The van der Waals surface area contributed by atoms with Gasteiger partial charge in [-0.05, 0) is 56.2 Å². The van der Waals surface area contributed by atoms with Crippen LogP contribution in [0.1, 0.15) is 54.5 Å². The molecule has 158 valence electrons. The maximum atomic E-state index is 13.2. The molecule has 1 amide bonds. The molecule has 7 heteroatoms. The second kappa shape index (κ2) is 9.48. The topological polar surface area (TPSA) is 76.8 Å². The number of nitrogens with zero attached hydrogens (tertiary/aromatic N) is 1. The number of carbonyl (C=O) groups is 1. The van der Waals surface area contributed by atoms with E-state index in [9.17, 15) is 13.2 Å². The maximum absolute atomic E-state index is 13.2. The molecule has 2 aromatic rings. The summed E-state index contributed by atoms with van der Waals surface area (Å²) in [6.45, 7) is 4.90. The molecule has 0 bridgehead atoms. The molecule has 0 spiro atoms. The number of hydrogen-bond donors (Lipinski definition) is 0. The Bertz CT molecular complexity index is 917. The van der Waals surface area contributed by atoms with Gasteiger partial charge >= 0.3 is 0 Å². The lowest BCUT2D eigenvalue weighted by molar-refractivity contribution is 0.0665. The lowest BCUT2D eigenvalue weighted by Gasteiger charge is -2.27. The summed E-state index contributed by atoms with van der Waals surface area (Å²) < 4.78 is 35.3. The first-order valence-corrected chi connectivity index (χ1v) is 12.0. The first-order chi connectivity index (χ1) is 13.9. The highest BCUT2D eigenvalue weighted by molar-refractivity contribution is 7.91. The molecule has 0 radical (unpaired) electrons. The molecule has 0 N–H and O–H groups in total. The Morgan fingerprint density at radius 3 is 2.52 bits per heavy atom. The summed E-state index contributed by atoms with van der Waals surface area (Å²) in [6, 6.07) is 10.4. The van der Waals surface area contributed by atoms with Gasteiger partial charge in [0, 0.05) is 11.6 Å². The fourth-order valence-electron chi connectivity index (χ4n) is 3.53. The van der Waals surface area contributed by atoms with Gasteiger partial charge in [0.05, 0.1) is 24.7 Å². The maximum Gasteiger partial charge on any atom is 0.254 e. The second-order valence-electron chi connectivity index (χ2n) is 7.58. The summed E-state index contributed by atoms with van der Waals surface area (Å²) in [5, 5.41) is 0. The van der Waals surface area contributed by atoms with E-state index in [0.29, 0.717) is 24.4 Å². The number of furan rings is 1. The normalized spacial score (nSPS) is 17.9. The fraction of sp³-hybridized carbons (Fsp3) is 0.500. The average Bonchev–Trinajstić information content (AvgIpc) is 3.27. The van der Waals surface area contributed by atoms with Crippen molar-refractivity contribution in [2.45, 2.75) is 52.1 Å². The van der Waals surface area contributed by atoms with E-state index < -0.39 is 9.84 Å². The van der Waals surface area contributed by atoms with Crippen LogP contribution in [0.25, 0.3) is 0 Å². The van der Waals surface area contributed by atoms with Gasteiger partial charge in [0.2, 0.25) is 0 Å². The molecule has 6 nitrogen and oxygen atoms in total. The van der Waals surface area contributed by atoms with Crippen LogP contribution in [0.4, 0.5) is 0 Å². The number of hydrogen-bond acceptors (Lipinski definition) is 5. The first-order valence-electron chi connectivity index (χ1n) is 10.2. The smallest absolute Gasteiger partial charge is 0.254 e. The van der Waals surface area contributed by atoms with Gasteiger partial charge in [0.1, 0.15) is 17.3 Å². The largest absolute Gasteiger partial charge is 0.494 e. The predicted octanol–water partition coefficient (Wildman–Crippen LogP) is 3.99. The molecule has 1 atom stereocenters. The van der Waals surface area contributed by atoms with Crippen molar-refractivity contribution in [3.63, 3.8) is 0 Å². The van der Waals surface area contributed by atoms with E-state index in [2.05, 4.69) is 6.92 Å². The zero-order valence-electron chi connectivity index (χ0n) is 17.1. The summed E-state index contributed by atoms with van der Waals surface area (Å²) >= 11 is 0. The van der Waals surface area contributed by atoms with Gasteiger partial charge < -0.3 is 14.1 Å². The van der Waals surface area contributed by atoms with Gasteiger partial charge in [-0.1, -0.05) is 19.8 Å². The van der Waals surface area contributed by atoms with E-state index >= 15 is 0 Å². The van der Waals surface area contributed by atoms with Gasteiger partial charge in [-0.15, -0.1) is 0 Å². The molecule has 3 rings (SSSR count). The first kappa shape index (κ1) is 21.4. The van der Waals surface area contributed by atoms with Crippen molar-refractivity contribution < 1.29 is 22.4 Å². The van der Waals surface area contributed by atoms with Crippen molar-refractivity contribution in [1.82, 2.24) is 4.90 Å². The highest BCUT2D eigenvalue weighted by Gasteiger charge is 2.35. The van der Waals surface area contributed by atoms with Crippen molar-refractivity contribution in [3.8, 4) is 5.75 Å². The summed E-state index contributed by atoms with van der Waals surface area (Å²) in [6.07, 6.45) is 3.72. The van der Waals surface area contributed by atoms with Crippen LogP contribution in [0.15, 0.2) is 40.8 Å². The minimum absolute atomic E-state index is 0.00292. The SMILES string of the molecule is CCCCCOc1ccc(C(=O)N(Cc2ccc(C)o2)[C@@H]2CCS(=O)(=O)C2)cc1. The monoisotopic (exact) mass is 419 g/mol. The van der Waals surface area contributed by atoms with Crippen molar-refractivity contribution in [2.75, 3.05) is 18.1 Å². The molecule has 1 aliphatic heterocycles. The lowest BCUT2D eigenvalue weighted by Crippen LogP contribution is -2.40. The molecule has 2 heterocycles. The zero-order chi connectivity index (χ0) is 20.9. The number of aryl methyl sites for hydroxylation is 1. The minimum atomic E-state index is -3.11. The zero-order valence-corrected chi connectivity index (χ0v) is 17.9. The van der Waals surface area contributed by atoms with E-state index in [1.54, 1.807) is 29.2 Å². The van der Waals surface area contributed by atoms with Crippen molar-refractivity contribution in [1.29, 1.82) is 0 Å². The van der Waals surface area contributed by atoms with E-state index in [1.807, 2.05) is 19.1 Å². The number of benzene rings is 1. The fourth-order valence-corrected chi connectivity index (χ4v) is 5.26. The summed E-state index contributed by atoms with van der Waals surface area (Å²) in [7, 11) is -3.11. The van der Waals surface area contributed by atoms with E-state index in [1.165, 1.54) is 0 Å². The Morgan fingerprint density at radius 1 is 1.17 bits per heavy atom. The number of amides is 1. The van der Waals surface area contributed by atoms with Crippen molar-refractivity contribution in [3.05, 3.63) is 53.5 Å². The number of unbranched alkanes of at least 4 members (excludes halogenated alkanes) is 2. The van der Waals surface area contributed by atoms with Crippen molar-refractivity contribution >= 4 is 15.7 Å². The third kappa shape index (κ3) is 5.85. The molecule has 1 aliphatic rings. The van der Waals surface area contributed by atoms with Crippen LogP contribution >= 0.6 is 0 Å². The van der Waals surface area contributed by atoms with Gasteiger partial charge in [-0.25, -0.2) is 8.42 Å². The molecular formula is C22H29NO5S. The Balaban J connectivity index is 1.73. The van der Waals surface area contributed by atoms with Crippen molar-refractivity contribution in [2.24, 2.45) is 0 Å². The lowest BCUT2D eigenvalue weighted by atomic mass is 10.1.